The summed E-state index contributed by atoms with van der Waals surface area (Å²) >= 11 is 7.54. The largest absolute Gasteiger partial charge is 0.433 e. The first-order valence-electron chi connectivity index (χ1n) is 10.6. The van der Waals surface area contributed by atoms with Crippen molar-refractivity contribution in [1.29, 1.82) is 0 Å². The summed E-state index contributed by atoms with van der Waals surface area (Å²) in [6, 6.07) is 11.4. The van der Waals surface area contributed by atoms with Crippen molar-refractivity contribution < 1.29 is 14.6 Å². The van der Waals surface area contributed by atoms with Crippen LogP contribution in [0.4, 0.5) is 0 Å². The summed E-state index contributed by atoms with van der Waals surface area (Å²) in [7, 11) is 0. The predicted molar refractivity (Wildman–Crippen MR) is 122 cm³/mol. The Labute approximate surface area is 191 Å². The molecule has 2 N–H and O–H groups in total. The van der Waals surface area contributed by atoms with Gasteiger partial charge in [0.15, 0.2) is 11.0 Å². The Morgan fingerprint density at radius 1 is 1.10 bits per heavy atom. The first kappa shape index (κ1) is 22.3. The van der Waals surface area contributed by atoms with Gasteiger partial charge in [0, 0.05) is 34.2 Å². The van der Waals surface area contributed by atoms with Crippen LogP contribution in [-0.4, -0.2) is 26.8 Å². The van der Waals surface area contributed by atoms with Crippen LogP contribution in [0.2, 0.25) is 5.02 Å². The molecule has 0 amide bonds. The van der Waals surface area contributed by atoms with E-state index < -0.39 is 5.60 Å². The van der Waals surface area contributed by atoms with Crippen LogP contribution in [0.15, 0.2) is 57.0 Å². The average Bonchev–Trinajstić information content (AvgIpc) is 3.18. The number of pyridine rings is 1. The lowest BCUT2D eigenvalue weighted by molar-refractivity contribution is 0.0739. The molecule has 1 aromatic carbocycles. The molecule has 1 saturated carbocycles. The van der Waals surface area contributed by atoms with E-state index in [1.807, 2.05) is 36.4 Å². The van der Waals surface area contributed by atoms with Crippen LogP contribution in [0.3, 0.4) is 0 Å². The van der Waals surface area contributed by atoms with Crippen molar-refractivity contribution in [3.63, 3.8) is 0 Å². The fourth-order valence-electron chi connectivity index (χ4n) is 3.85. The fraction of sp³-hybridized carbons (Fsp3) is 0.417. The van der Waals surface area contributed by atoms with E-state index in [9.17, 15) is 10.2 Å². The van der Waals surface area contributed by atoms with Crippen molar-refractivity contribution in [1.82, 2.24) is 9.97 Å². The molecule has 0 unspecified atom stereocenters. The molecule has 164 valence electrons. The summed E-state index contributed by atoms with van der Waals surface area (Å²) in [6.07, 6.45) is 5.64. The third-order valence-electron chi connectivity index (χ3n) is 5.75. The normalized spacial score (nSPS) is 19.5. The van der Waals surface area contributed by atoms with E-state index in [2.05, 4.69) is 4.98 Å². The Kier molecular flexibility index (Phi) is 6.72. The lowest BCUT2D eigenvalue weighted by Crippen LogP contribution is -2.17. The minimum absolute atomic E-state index is 0.250. The summed E-state index contributed by atoms with van der Waals surface area (Å²) in [4.78, 5) is 10.3. The molecule has 1 fully saturated rings. The van der Waals surface area contributed by atoms with Crippen molar-refractivity contribution in [2.45, 2.75) is 61.0 Å². The number of aliphatic hydroxyl groups excluding tert-OH is 1. The smallest absolute Gasteiger partial charge is 0.199 e. The first-order valence-corrected chi connectivity index (χ1v) is 11.8. The molecule has 2 aromatic heterocycles. The van der Waals surface area contributed by atoms with Gasteiger partial charge >= 0.3 is 0 Å². The zero-order valence-electron chi connectivity index (χ0n) is 17.7. The molecule has 4 rings (SSSR count). The molecule has 7 heteroatoms. The van der Waals surface area contributed by atoms with E-state index in [0.717, 1.165) is 52.8 Å². The van der Waals surface area contributed by atoms with Gasteiger partial charge in [-0.05, 0) is 93.6 Å². The molecule has 5 nitrogen and oxygen atoms in total. The summed E-state index contributed by atoms with van der Waals surface area (Å²) in [6.45, 7) is 3.68. The Balaban J connectivity index is 1.66. The molecule has 1 aliphatic carbocycles. The van der Waals surface area contributed by atoms with Gasteiger partial charge in [-0.25, -0.2) is 4.98 Å². The van der Waals surface area contributed by atoms with Gasteiger partial charge < -0.3 is 14.6 Å². The van der Waals surface area contributed by atoms with Gasteiger partial charge in [-0.3, -0.25) is 4.98 Å². The number of nitrogens with zero attached hydrogens (tertiary/aromatic N) is 2. The standard InChI is InChI=1S/C24H27ClN2O3S/c1-24(2,29)20-12-7-17(13-26-20)21-23(31-19-10-8-18(25)9-11-19)30-22(27-21)16-5-3-15(14-28)4-6-16/h7-13,15-16,28-29H,3-6,14H2,1-2H3/t15-,16+. The molecule has 31 heavy (non-hydrogen) atoms. The van der Waals surface area contributed by atoms with Gasteiger partial charge in [-0.2, -0.15) is 0 Å². The SMILES string of the molecule is CC(C)(O)c1ccc(-c2nc([C@H]3CC[C@@H](CO)CC3)oc2Sc2ccc(Cl)cc2)cn1. The lowest BCUT2D eigenvalue weighted by atomic mass is 9.82. The van der Waals surface area contributed by atoms with Crippen molar-refractivity contribution in [3.05, 3.63) is 59.2 Å². The zero-order valence-corrected chi connectivity index (χ0v) is 19.3. The van der Waals surface area contributed by atoms with E-state index in [-0.39, 0.29) is 12.5 Å². The second-order valence-electron chi connectivity index (χ2n) is 8.64. The summed E-state index contributed by atoms with van der Waals surface area (Å²) in [5.74, 6) is 1.38. The maximum atomic E-state index is 10.2. The molecule has 3 aromatic rings. The summed E-state index contributed by atoms with van der Waals surface area (Å²) < 4.78 is 6.29. The van der Waals surface area contributed by atoms with Gasteiger partial charge in [0.05, 0.1) is 5.69 Å². The van der Waals surface area contributed by atoms with Crippen molar-refractivity contribution >= 4 is 23.4 Å². The maximum absolute atomic E-state index is 10.2. The molecule has 0 saturated heterocycles. The average molecular weight is 459 g/mol. The van der Waals surface area contributed by atoms with Crippen LogP contribution in [-0.2, 0) is 5.60 Å². The second kappa shape index (κ2) is 9.33. The topological polar surface area (TPSA) is 79.4 Å². The van der Waals surface area contributed by atoms with E-state index in [1.165, 1.54) is 11.8 Å². The number of aliphatic hydroxyl groups is 2. The lowest BCUT2D eigenvalue weighted by Gasteiger charge is -2.24. The van der Waals surface area contributed by atoms with Crippen molar-refractivity contribution in [2.24, 2.45) is 5.92 Å². The number of oxazole rings is 1. The van der Waals surface area contributed by atoms with Gasteiger partial charge in [-0.1, -0.05) is 11.6 Å². The van der Waals surface area contributed by atoms with Gasteiger partial charge in [0.2, 0.25) is 0 Å². The molecular formula is C24H27ClN2O3S. The molecule has 1 aliphatic rings. The summed E-state index contributed by atoms with van der Waals surface area (Å²) in [5, 5.41) is 21.1. The highest BCUT2D eigenvalue weighted by Crippen LogP contribution is 2.42. The number of aromatic nitrogens is 2. The monoisotopic (exact) mass is 458 g/mol. The molecule has 0 spiro atoms. The Hall–Kier alpha value is -1.86. The Morgan fingerprint density at radius 2 is 1.81 bits per heavy atom. The molecule has 0 atom stereocenters. The van der Waals surface area contributed by atoms with Crippen LogP contribution in [0.5, 0.6) is 0 Å². The molecule has 0 radical (unpaired) electrons. The van der Waals surface area contributed by atoms with Crippen molar-refractivity contribution in [2.75, 3.05) is 6.61 Å². The van der Waals surface area contributed by atoms with E-state index in [4.69, 9.17) is 21.0 Å². The van der Waals surface area contributed by atoms with Crippen LogP contribution >= 0.6 is 23.4 Å². The molecular weight excluding hydrogens is 432 g/mol. The van der Waals surface area contributed by atoms with Crippen LogP contribution < -0.4 is 0 Å². The summed E-state index contributed by atoms with van der Waals surface area (Å²) in [5.41, 5.74) is 1.21. The van der Waals surface area contributed by atoms with E-state index >= 15 is 0 Å². The third-order valence-corrected chi connectivity index (χ3v) is 6.98. The third kappa shape index (κ3) is 5.32. The van der Waals surface area contributed by atoms with Gasteiger partial charge in [0.25, 0.3) is 0 Å². The first-order chi connectivity index (χ1) is 14.8. The van der Waals surface area contributed by atoms with Gasteiger partial charge in [0.1, 0.15) is 11.3 Å². The quantitative estimate of drug-likeness (QED) is 0.469. The van der Waals surface area contributed by atoms with Crippen LogP contribution in [0.25, 0.3) is 11.3 Å². The van der Waals surface area contributed by atoms with E-state index in [1.54, 1.807) is 20.0 Å². The maximum Gasteiger partial charge on any atom is 0.199 e. The number of hydrogen-bond acceptors (Lipinski definition) is 6. The minimum Gasteiger partial charge on any atom is -0.433 e. The predicted octanol–water partition coefficient (Wildman–Crippen LogP) is 6.03. The van der Waals surface area contributed by atoms with Crippen molar-refractivity contribution in [3.8, 4) is 11.3 Å². The number of halogens is 1. The minimum atomic E-state index is -1.00. The fourth-order valence-corrected chi connectivity index (χ4v) is 4.85. The Morgan fingerprint density at radius 3 is 2.39 bits per heavy atom. The molecule has 2 heterocycles. The number of rotatable bonds is 6. The highest BCUT2D eigenvalue weighted by Gasteiger charge is 2.28. The second-order valence-corrected chi connectivity index (χ2v) is 10.1. The zero-order chi connectivity index (χ0) is 22.0. The Bertz CT molecular complexity index is 1000. The van der Waals surface area contributed by atoms with Gasteiger partial charge in [-0.15, -0.1) is 0 Å². The van der Waals surface area contributed by atoms with E-state index in [0.29, 0.717) is 16.6 Å². The number of benzene rings is 1. The highest BCUT2D eigenvalue weighted by atomic mass is 35.5. The highest BCUT2D eigenvalue weighted by molar-refractivity contribution is 7.99. The van der Waals surface area contributed by atoms with Crippen LogP contribution in [0, 0.1) is 5.92 Å². The number of hydrogen-bond donors (Lipinski definition) is 2. The molecule has 0 aliphatic heterocycles. The molecule has 0 bridgehead atoms. The van der Waals surface area contributed by atoms with Crippen LogP contribution in [0.1, 0.15) is 57.0 Å².